The molecule has 0 spiro atoms. The highest BCUT2D eigenvalue weighted by Crippen LogP contribution is 2.11. The lowest BCUT2D eigenvalue weighted by Crippen LogP contribution is -2.21. The van der Waals surface area contributed by atoms with Crippen molar-refractivity contribution in [3.05, 3.63) is 40.3 Å². The second-order valence-electron chi connectivity index (χ2n) is 4.87. The Balaban J connectivity index is 2.54. The van der Waals surface area contributed by atoms with Crippen LogP contribution in [-0.4, -0.2) is 9.55 Å². The van der Waals surface area contributed by atoms with E-state index in [9.17, 15) is 4.79 Å². The van der Waals surface area contributed by atoms with Crippen LogP contribution >= 0.6 is 0 Å². The van der Waals surface area contributed by atoms with Gasteiger partial charge < -0.3 is 0 Å². The lowest BCUT2D eigenvalue weighted by Gasteiger charge is -2.11. The number of hydrogen-bond donors (Lipinski definition) is 0. The number of aryl methyl sites for hydroxylation is 2. The zero-order valence-corrected chi connectivity index (χ0v) is 10.6. The molecule has 2 aromatic heterocycles. The summed E-state index contributed by atoms with van der Waals surface area (Å²) in [6.07, 6.45) is 0.995. The smallest absolute Gasteiger partial charge is 0.252 e. The molecule has 3 heteroatoms. The summed E-state index contributed by atoms with van der Waals surface area (Å²) in [4.78, 5) is 16.4. The second-order valence-corrected chi connectivity index (χ2v) is 4.87. The minimum atomic E-state index is 0.0382. The Labute approximate surface area is 101 Å². The Morgan fingerprint density at radius 3 is 2.65 bits per heavy atom. The fourth-order valence-corrected chi connectivity index (χ4v) is 1.86. The molecular weight excluding hydrogens is 212 g/mol. The van der Waals surface area contributed by atoms with Crippen LogP contribution in [0.2, 0.25) is 0 Å². The highest BCUT2D eigenvalue weighted by molar-refractivity contribution is 5.74. The van der Waals surface area contributed by atoms with Gasteiger partial charge in [-0.25, -0.2) is 4.98 Å². The second kappa shape index (κ2) is 4.70. The first-order valence-corrected chi connectivity index (χ1v) is 6.05. The molecule has 90 valence electrons. The molecule has 0 amide bonds. The van der Waals surface area contributed by atoms with Gasteiger partial charge in [-0.1, -0.05) is 13.8 Å². The highest BCUT2D eigenvalue weighted by Gasteiger charge is 2.05. The van der Waals surface area contributed by atoms with E-state index in [2.05, 4.69) is 18.8 Å². The molecule has 0 aromatic carbocycles. The van der Waals surface area contributed by atoms with Crippen molar-refractivity contribution in [3.8, 4) is 0 Å². The fourth-order valence-electron chi connectivity index (χ4n) is 1.86. The Bertz CT molecular complexity index is 584. The Morgan fingerprint density at radius 2 is 1.94 bits per heavy atom. The molecule has 0 saturated carbocycles. The molecule has 17 heavy (non-hydrogen) atoms. The first-order chi connectivity index (χ1) is 8.08. The number of rotatable bonds is 3. The van der Waals surface area contributed by atoms with Crippen molar-refractivity contribution in [1.29, 1.82) is 0 Å². The van der Waals surface area contributed by atoms with Crippen LogP contribution in [0.4, 0.5) is 0 Å². The van der Waals surface area contributed by atoms with Crippen LogP contribution in [0, 0.1) is 12.8 Å². The van der Waals surface area contributed by atoms with Gasteiger partial charge in [0.15, 0.2) is 0 Å². The van der Waals surface area contributed by atoms with Crippen LogP contribution in [0.15, 0.2) is 29.1 Å². The van der Waals surface area contributed by atoms with Crippen molar-refractivity contribution in [2.75, 3.05) is 0 Å². The molecule has 0 fully saturated rings. The summed E-state index contributed by atoms with van der Waals surface area (Å²) in [5.74, 6) is 0.585. The van der Waals surface area contributed by atoms with Gasteiger partial charge in [0, 0.05) is 23.7 Å². The van der Waals surface area contributed by atoms with Crippen LogP contribution in [0.1, 0.15) is 26.0 Å². The molecule has 2 aromatic rings. The number of nitrogens with zero attached hydrogens (tertiary/aromatic N) is 2. The molecule has 0 saturated heterocycles. The van der Waals surface area contributed by atoms with Crippen LogP contribution in [0.5, 0.6) is 0 Å². The van der Waals surface area contributed by atoms with Crippen molar-refractivity contribution in [3.63, 3.8) is 0 Å². The standard InChI is InChI=1S/C14H18N2O/c1-10(2)8-9-16-13(17)7-6-12-5-4-11(3)15-14(12)16/h4-7,10H,8-9H2,1-3H3. The molecule has 2 rings (SSSR count). The molecule has 2 heterocycles. The van der Waals surface area contributed by atoms with Gasteiger partial charge in [-0.15, -0.1) is 0 Å². The van der Waals surface area contributed by atoms with E-state index in [1.165, 1.54) is 0 Å². The van der Waals surface area contributed by atoms with Crippen molar-refractivity contribution in [2.45, 2.75) is 33.7 Å². The zero-order valence-electron chi connectivity index (χ0n) is 10.6. The van der Waals surface area contributed by atoms with Gasteiger partial charge in [-0.05, 0) is 37.5 Å². The molecule has 0 unspecified atom stereocenters. The van der Waals surface area contributed by atoms with Crippen molar-refractivity contribution in [2.24, 2.45) is 5.92 Å². The minimum Gasteiger partial charge on any atom is -0.293 e. The van der Waals surface area contributed by atoms with Gasteiger partial charge in [0.05, 0.1) is 0 Å². The van der Waals surface area contributed by atoms with Crippen molar-refractivity contribution in [1.82, 2.24) is 9.55 Å². The third kappa shape index (κ3) is 2.54. The van der Waals surface area contributed by atoms with Gasteiger partial charge in [-0.2, -0.15) is 0 Å². The van der Waals surface area contributed by atoms with Crippen LogP contribution in [-0.2, 0) is 6.54 Å². The summed E-state index contributed by atoms with van der Waals surface area (Å²) >= 11 is 0. The maximum Gasteiger partial charge on any atom is 0.252 e. The Kier molecular flexibility index (Phi) is 3.27. The van der Waals surface area contributed by atoms with Gasteiger partial charge >= 0.3 is 0 Å². The third-order valence-electron chi connectivity index (χ3n) is 2.90. The number of pyridine rings is 2. The molecule has 3 nitrogen and oxygen atoms in total. The quantitative estimate of drug-likeness (QED) is 0.812. The number of aromatic nitrogens is 2. The molecular formula is C14H18N2O. The predicted molar refractivity (Wildman–Crippen MR) is 70.2 cm³/mol. The summed E-state index contributed by atoms with van der Waals surface area (Å²) in [7, 11) is 0. The summed E-state index contributed by atoms with van der Waals surface area (Å²) < 4.78 is 1.78. The summed E-state index contributed by atoms with van der Waals surface area (Å²) in [5, 5.41) is 1.03. The van der Waals surface area contributed by atoms with E-state index in [1.54, 1.807) is 10.6 Å². The number of fused-ring (bicyclic) bond motifs is 1. The van der Waals surface area contributed by atoms with E-state index in [0.29, 0.717) is 5.92 Å². The molecule has 0 bridgehead atoms. The van der Waals surface area contributed by atoms with Crippen LogP contribution < -0.4 is 5.56 Å². The molecule has 0 atom stereocenters. The molecule has 0 aliphatic carbocycles. The Morgan fingerprint density at radius 1 is 1.24 bits per heavy atom. The predicted octanol–water partition coefficient (Wildman–Crippen LogP) is 2.75. The molecule has 0 N–H and O–H groups in total. The lowest BCUT2D eigenvalue weighted by atomic mass is 10.1. The zero-order chi connectivity index (χ0) is 12.4. The first-order valence-electron chi connectivity index (χ1n) is 6.05. The van der Waals surface area contributed by atoms with Gasteiger partial charge in [0.1, 0.15) is 5.65 Å². The average Bonchev–Trinajstić information content (AvgIpc) is 2.27. The van der Waals surface area contributed by atoms with E-state index in [-0.39, 0.29) is 5.56 Å². The molecule has 0 aliphatic rings. The topological polar surface area (TPSA) is 34.9 Å². The fraction of sp³-hybridized carbons (Fsp3) is 0.429. The summed E-state index contributed by atoms with van der Waals surface area (Å²) in [6.45, 7) is 7.01. The highest BCUT2D eigenvalue weighted by atomic mass is 16.1. The van der Waals surface area contributed by atoms with Crippen LogP contribution in [0.25, 0.3) is 11.0 Å². The van der Waals surface area contributed by atoms with E-state index in [1.807, 2.05) is 25.1 Å². The number of hydrogen-bond acceptors (Lipinski definition) is 2. The summed E-state index contributed by atoms with van der Waals surface area (Å²) in [6, 6.07) is 7.46. The van der Waals surface area contributed by atoms with E-state index >= 15 is 0 Å². The third-order valence-corrected chi connectivity index (χ3v) is 2.90. The van der Waals surface area contributed by atoms with Gasteiger partial charge in [0.2, 0.25) is 0 Å². The summed E-state index contributed by atoms with van der Waals surface area (Å²) in [5.41, 5.74) is 1.79. The molecule has 0 radical (unpaired) electrons. The largest absolute Gasteiger partial charge is 0.293 e. The Hall–Kier alpha value is -1.64. The maximum atomic E-state index is 11.9. The van der Waals surface area contributed by atoms with Crippen molar-refractivity contribution >= 4 is 11.0 Å². The minimum absolute atomic E-state index is 0.0382. The monoisotopic (exact) mass is 230 g/mol. The first kappa shape index (κ1) is 11.8. The van der Waals surface area contributed by atoms with Gasteiger partial charge in [0.25, 0.3) is 5.56 Å². The van der Waals surface area contributed by atoms with Crippen molar-refractivity contribution < 1.29 is 0 Å². The van der Waals surface area contributed by atoms with Gasteiger partial charge in [-0.3, -0.25) is 9.36 Å². The van der Waals surface area contributed by atoms with Crippen LogP contribution in [0.3, 0.4) is 0 Å². The lowest BCUT2D eigenvalue weighted by molar-refractivity contribution is 0.515. The van der Waals surface area contributed by atoms with E-state index in [4.69, 9.17) is 0 Å². The normalized spacial score (nSPS) is 11.3. The maximum absolute atomic E-state index is 11.9. The average molecular weight is 230 g/mol. The SMILES string of the molecule is Cc1ccc2ccc(=O)n(CCC(C)C)c2n1. The molecule has 0 aliphatic heterocycles. The van der Waals surface area contributed by atoms with E-state index < -0.39 is 0 Å². The van der Waals surface area contributed by atoms with E-state index in [0.717, 1.165) is 29.7 Å².